The van der Waals surface area contributed by atoms with Crippen LogP contribution in [-0.2, 0) is 19.3 Å². The highest BCUT2D eigenvalue weighted by Gasteiger charge is 2.17. The third-order valence-corrected chi connectivity index (χ3v) is 5.48. The van der Waals surface area contributed by atoms with E-state index in [4.69, 9.17) is 0 Å². The van der Waals surface area contributed by atoms with Crippen molar-refractivity contribution >= 4 is 22.9 Å². The first-order valence-electron chi connectivity index (χ1n) is 8.83. The summed E-state index contributed by atoms with van der Waals surface area (Å²) < 4.78 is 3.31. The zero-order valence-corrected chi connectivity index (χ0v) is 16.4. The van der Waals surface area contributed by atoms with Crippen LogP contribution in [0.15, 0.2) is 39.0 Å². The third kappa shape index (κ3) is 3.49. The Morgan fingerprint density at radius 2 is 1.88 bits per heavy atom. The predicted molar refractivity (Wildman–Crippen MR) is 106 cm³/mol. The van der Waals surface area contributed by atoms with Crippen molar-refractivity contribution in [3.8, 4) is 0 Å². The van der Waals surface area contributed by atoms with Crippen LogP contribution in [0, 0.1) is 0 Å². The number of fused-ring (bicyclic) bond motifs is 1. The Hall–Kier alpha value is -2.28. The van der Waals surface area contributed by atoms with Gasteiger partial charge in [-0.2, -0.15) is 0 Å². The van der Waals surface area contributed by atoms with Crippen molar-refractivity contribution in [1.29, 1.82) is 0 Å². The lowest BCUT2D eigenvalue weighted by atomic mass is 10.0. The van der Waals surface area contributed by atoms with Crippen molar-refractivity contribution in [3.05, 3.63) is 56.2 Å². The number of rotatable bonds is 6. The number of aromatic amines is 1. The van der Waals surface area contributed by atoms with Crippen molar-refractivity contribution in [2.45, 2.75) is 50.6 Å². The molecule has 0 saturated heterocycles. The van der Waals surface area contributed by atoms with Gasteiger partial charge in [-0.15, -0.1) is 0 Å². The lowest BCUT2D eigenvalue weighted by molar-refractivity contribution is 0.636. The Morgan fingerprint density at radius 3 is 2.50 bits per heavy atom. The number of aromatic nitrogens is 4. The van der Waals surface area contributed by atoms with Crippen molar-refractivity contribution in [3.63, 3.8) is 0 Å². The van der Waals surface area contributed by atoms with Gasteiger partial charge in [-0.1, -0.05) is 56.8 Å². The van der Waals surface area contributed by atoms with Crippen LogP contribution >= 0.6 is 11.8 Å². The van der Waals surface area contributed by atoms with Crippen LogP contribution in [0.5, 0.6) is 0 Å². The van der Waals surface area contributed by atoms with Gasteiger partial charge in [-0.3, -0.25) is 14.3 Å². The monoisotopic (exact) mass is 372 g/mol. The second-order valence-electron chi connectivity index (χ2n) is 6.72. The minimum absolute atomic E-state index is 0.378. The molecule has 0 aliphatic carbocycles. The molecule has 138 valence electrons. The van der Waals surface area contributed by atoms with Crippen molar-refractivity contribution in [2.24, 2.45) is 7.05 Å². The first-order valence-corrected chi connectivity index (χ1v) is 9.82. The highest BCUT2D eigenvalue weighted by molar-refractivity contribution is 7.98. The second-order valence-corrected chi connectivity index (χ2v) is 7.66. The van der Waals surface area contributed by atoms with Gasteiger partial charge in [-0.05, 0) is 23.5 Å². The van der Waals surface area contributed by atoms with Crippen LogP contribution in [0.25, 0.3) is 11.2 Å². The minimum atomic E-state index is -0.440. The molecule has 2 aromatic heterocycles. The first kappa shape index (κ1) is 18.5. The standard InChI is InChI=1S/C19H24N4O2S/c1-5-10-23-15-16(22(4)18(25)21-17(15)24)20-19(23)26-11-13-6-8-14(9-7-13)12(2)3/h6-9,12H,5,10-11H2,1-4H3,(H,21,24,25). The van der Waals surface area contributed by atoms with E-state index in [9.17, 15) is 9.59 Å². The van der Waals surface area contributed by atoms with Gasteiger partial charge in [0.2, 0.25) is 0 Å². The summed E-state index contributed by atoms with van der Waals surface area (Å²) in [5.74, 6) is 1.27. The molecule has 0 saturated carbocycles. The molecule has 0 atom stereocenters. The Labute approximate surface area is 156 Å². The van der Waals surface area contributed by atoms with Crippen molar-refractivity contribution in [1.82, 2.24) is 19.1 Å². The summed E-state index contributed by atoms with van der Waals surface area (Å²) in [5.41, 5.74) is 2.61. The predicted octanol–water partition coefficient (Wildman–Crippen LogP) is 3.25. The van der Waals surface area contributed by atoms with Gasteiger partial charge in [0.25, 0.3) is 5.56 Å². The zero-order valence-electron chi connectivity index (χ0n) is 15.6. The number of thioether (sulfide) groups is 1. The van der Waals surface area contributed by atoms with Crippen LogP contribution in [-0.4, -0.2) is 19.1 Å². The maximum atomic E-state index is 12.3. The van der Waals surface area contributed by atoms with Gasteiger partial charge in [0.1, 0.15) is 0 Å². The maximum absolute atomic E-state index is 12.3. The molecular weight excluding hydrogens is 348 g/mol. The molecule has 0 spiro atoms. The van der Waals surface area contributed by atoms with Gasteiger partial charge in [0, 0.05) is 19.3 Å². The summed E-state index contributed by atoms with van der Waals surface area (Å²) in [5, 5.41) is 0.765. The van der Waals surface area contributed by atoms with Gasteiger partial charge < -0.3 is 4.57 Å². The fourth-order valence-electron chi connectivity index (χ4n) is 2.90. The lowest BCUT2D eigenvalue weighted by Gasteiger charge is -2.08. The Kier molecular flexibility index (Phi) is 5.36. The summed E-state index contributed by atoms with van der Waals surface area (Å²) >= 11 is 1.59. The topological polar surface area (TPSA) is 72.7 Å². The van der Waals surface area contributed by atoms with Crippen LogP contribution < -0.4 is 11.2 Å². The van der Waals surface area contributed by atoms with E-state index in [1.165, 1.54) is 15.7 Å². The quantitative estimate of drug-likeness (QED) is 0.674. The average Bonchev–Trinajstić information content (AvgIpc) is 2.98. The molecule has 7 heteroatoms. The normalized spacial score (nSPS) is 11.6. The number of nitrogens with zero attached hydrogens (tertiary/aromatic N) is 3. The van der Waals surface area contributed by atoms with Crippen molar-refractivity contribution in [2.75, 3.05) is 0 Å². The molecule has 0 aliphatic heterocycles. The van der Waals surface area contributed by atoms with Crippen LogP contribution in [0.4, 0.5) is 0 Å². The van der Waals surface area contributed by atoms with Gasteiger partial charge in [-0.25, -0.2) is 9.78 Å². The van der Waals surface area contributed by atoms with E-state index in [1.807, 2.05) is 4.57 Å². The Balaban J connectivity index is 1.95. The van der Waals surface area contributed by atoms with E-state index < -0.39 is 5.69 Å². The highest BCUT2D eigenvalue weighted by atomic mass is 32.2. The fraction of sp³-hybridized carbons (Fsp3) is 0.421. The van der Waals surface area contributed by atoms with Crippen molar-refractivity contribution < 1.29 is 0 Å². The summed E-state index contributed by atoms with van der Waals surface area (Å²) in [4.78, 5) is 31.1. The van der Waals surface area contributed by atoms with Gasteiger partial charge in [0.15, 0.2) is 16.3 Å². The maximum Gasteiger partial charge on any atom is 0.329 e. The molecule has 0 radical (unpaired) electrons. The van der Waals surface area contributed by atoms with E-state index in [0.29, 0.717) is 23.6 Å². The number of imidazole rings is 1. The number of hydrogen-bond donors (Lipinski definition) is 1. The first-order chi connectivity index (χ1) is 12.4. The zero-order chi connectivity index (χ0) is 18.8. The molecule has 2 heterocycles. The number of nitrogens with one attached hydrogen (secondary N) is 1. The summed E-state index contributed by atoms with van der Waals surface area (Å²) in [6.07, 6.45) is 0.879. The molecular formula is C19H24N4O2S. The minimum Gasteiger partial charge on any atom is -0.313 e. The largest absolute Gasteiger partial charge is 0.329 e. The molecule has 3 aromatic rings. The Bertz CT molecular complexity index is 1030. The summed E-state index contributed by atoms with van der Waals surface area (Å²) in [6.45, 7) is 7.10. The molecule has 1 N–H and O–H groups in total. The van der Waals surface area contributed by atoms with Gasteiger partial charge >= 0.3 is 5.69 Å². The molecule has 0 amide bonds. The van der Waals surface area contributed by atoms with Crippen LogP contribution in [0.2, 0.25) is 0 Å². The molecule has 0 bridgehead atoms. The van der Waals surface area contributed by atoms with E-state index in [-0.39, 0.29) is 5.56 Å². The molecule has 26 heavy (non-hydrogen) atoms. The lowest BCUT2D eigenvalue weighted by Crippen LogP contribution is -2.29. The highest BCUT2D eigenvalue weighted by Crippen LogP contribution is 2.26. The van der Waals surface area contributed by atoms with E-state index in [2.05, 4.69) is 55.0 Å². The molecule has 3 rings (SSSR count). The number of H-pyrrole nitrogens is 1. The molecule has 0 fully saturated rings. The smallest absolute Gasteiger partial charge is 0.313 e. The number of benzene rings is 1. The Morgan fingerprint density at radius 1 is 1.19 bits per heavy atom. The molecule has 0 unspecified atom stereocenters. The average molecular weight is 372 g/mol. The fourth-order valence-corrected chi connectivity index (χ4v) is 3.88. The van der Waals surface area contributed by atoms with E-state index >= 15 is 0 Å². The van der Waals surface area contributed by atoms with Gasteiger partial charge in [0.05, 0.1) is 0 Å². The van der Waals surface area contributed by atoms with E-state index in [1.54, 1.807) is 18.8 Å². The third-order valence-electron chi connectivity index (χ3n) is 4.43. The summed E-state index contributed by atoms with van der Waals surface area (Å²) in [7, 11) is 1.63. The molecule has 0 aliphatic rings. The van der Waals surface area contributed by atoms with E-state index in [0.717, 1.165) is 17.3 Å². The number of hydrogen-bond acceptors (Lipinski definition) is 4. The summed E-state index contributed by atoms with van der Waals surface area (Å²) in [6, 6.07) is 8.59. The SMILES string of the molecule is CCCn1c(SCc2ccc(C(C)C)cc2)nc2c1c(=O)[nH]c(=O)n2C. The molecule has 1 aromatic carbocycles. The molecule has 6 nitrogen and oxygen atoms in total. The number of aryl methyl sites for hydroxylation is 2. The van der Waals surface area contributed by atoms with Crippen LogP contribution in [0.1, 0.15) is 44.2 Å². The van der Waals surface area contributed by atoms with Crippen LogP contribution in [0.3, 0.4) is 0 Å². The second kappa shape index (κ2) is 7.53.